The highest BCUT2D eigenvalue weighted by Gasteiger charge is 2.24. The van der Waals surface area contributed by atoms with Crippen LogP contribution in [-0.2, 0) is 25.2 Å². The minimum atomic E-state index is -1.41. The number of carboxylic acid groups (broad SMARTS) is 1. The molecule has 0 saturated heterocycles. The summed E-state index contributed by atoms with van der Waals surface area (Å²) in [6.45, 7) is 2.71. The number of hydrogen-bond donors (Lipinski definition) is 1. The van der Waals surface area contributed by atoms with E-state index in [9.17, 15) is 14.3 Å². The van der Waals surface area contributed by atoms with Crippen LogP contribution in [0.5, 0.6) is 5.75 Å². The Labute approximate surface area is 139 Å². The third kappa shape index (κ3) is 7.20. The van der Waals surface area contributed by atoms with Gasteiger partial charge in [0.25, 0.3) is 0 Å². The summed E-state index contributed by atoms with van der Waals surface area (Å²) in [5.74, 6) is -0.694. The Morgan fingerprint density at radius 3 is 2.65 bits per heavy atom. The average molecular weight is 347 g/mol. The molecule has 0 aromatic heterocycles. The van der Waals surface area contributed by atoms with Crippen LogP contribution in [-0.4, -0.2) is 49.3 Å². The molecule has 0 radical (unpaired) electrons. The van der Waals surface area contributed by atoms with E-state index in [1.165, 1.54) is 18.2 Å². The highest BCUT2D eigenvalue weighted by atomic mass is 32.2. The zero-order valence-corrected chi connectivity index (χ0v) is 14.5. The van der Waals surface area contributed by atoms with Crippen LogP contribution in [0, 0.1) is 5.82 Å². The minimum absolute atomic E-state index is 0.0457. The molecule has 0 aliphatic rings. The second-order valence-electron chi connectivity index (χ2n) is 5.13. The molecule has 1 unspecified atom stereocenters. The van der Waals surface area contributed by atoms with Crippen molar-refractivity contribution in [2.75, 3.05) is 38.3 Å². The molecule has 1 rings (SSSR count). The standard InChI is InChI=1S/C16H23FO5S/c1-4-7-21-12-5-6-13(14(17)10-12)15(16(18)19)22-11-20-8-9-23(2)3/h5-6,10,15H,4,7-9,11H2,1-3H3/p+1. The molecule has 0 spiro atoms. The predicted molar refractivity (Wildman–Crippen MR) is 88.5 cm³/mol. The van der Waals surface area contributed by atoms with Crippen LogP contribution in [0.3, 0.4) is 0 Å². The van der Waals surface area contributed by atoms with Gasteiger partial charge < -0.3 is 19.3 Å². The number of hydrogen-bond acceptors (Lipinski definition) is 4. The maximum Gasteiger partial charge on any atom is 0.337 e. The molecule has 1 aromatic rings. The summed E-state index contributed by atoms with van der Waals surface area (Å²) in [6, 6.07) is 4.08. The second kappa shape index (κ2) is 10.5. The van der Waals surface area contributed by atoms with Gasteiger partial charge in [-0.3, -0.25) is 0 Å². The van der Waals surface area contributed by atoms with Crippen molar-refractivity contribution < 1.29 is 28.5 Å². The molecular weight excluding hydrogens is 323 g/mol. The van der Waals surface area contributed by atoms with Crippen LogP contribution in [0.1, 0.15) is 25.0 Å². The van der Waals surface area contributed by atoms with Crippen LogP contribution in [0.15, 0.2) is 18.2 Å². The summed E-state index contributed by atoms with van der Waals surface area (Å²) in [5.41, 5.74) is -0.0457. The van der Waals surface area contributed by atoms with Gasteiger partial charge >= 0.3 is 5.97 Å². The van der Waals surface area contributed by atoms with Crippen molar-refractivity contribution in [1.29, 1.82) is 0 Å². The Balaban J connectivity index is 2.64. The Bertz CT molecular complexity index is 495. The predicted octanol–water partition coefficient (Wildman–Crippen LogP) is 2.61. The third-order valence-electron chi connectivity index (χ3n) is 2.91. The van der Waals surface area contributed by atoms with Gasteiger partial charge in [0.15, 0.2) is 6.10 Å². The van der Waals surface area contributed by atoms with E-state index in [0.717, 1.165) is 12.2 Å². The molecule has 0 heterocycles. The topological polar surface area (TPSA) is 65.0 Å². The van der Waals surface area contributed by atoms with E-state index < -0.39 is 17.9 Å². The van der Waals surface area contributed by atoms with E-state index in [1.807, 2.05) is 6.92 Å². The van der Waals surface area contributed by atoms with Gasteiger partial charge in [-0.15, -0.1) is 0 Å². The maximum atomic E-state index is 14.1. The maximum absolute atomic E-state index is 14.1. The minimum Gasteiger partial charge on any atom is -0.494 e. The van der Waals surface area contributed by atoms with Gasteiger partial charge in [0.1, 0.15) is 24.1 Å². The van der Waals surface area contributed by atoms with E-state index >= 15 is 0 Å². The monoisotopic (exact) mass is 347 g/mol. The summed E-state index contributed by atoms with van der Waals surface area (Å²) >= 11 is 0. The summed E-state index contributed by atoms with van der Waals surface area (Å²) in [7, 11) is 0.245. The highest BCUT2D eigenvalue weighted by molar-refractivity contribution is 7.95. The lowest BCUT2D eigenvalue weighted by Gasteiger charge is -2.15. The molecule has 0 amide bonds. The molecule has 0 aliphatic heterocycles. The second-order valence-corrected chi connectivity index (χ2v) is 7.51. The van der Waals surface area contributed by atoms with Gasteiger partial charge in [-0.1, -0.05) is 6.92 Å². The van der Waals surface area contributed by atoms with Crippen molar-refractivity contribution in [3.05, 3.63) is 29.6 Å². The molecule has 5 nitrogen and oxygen atoms in total. The quantitative estimate of drug-likeness (QED) is 0.379. The number of aliphatic carboxylic acids is 1. The average Bonchev–Trinajstić information content (AvgIpc) is 2.49. The molecule has 130 valence electrons. The van der Waals surface area contributed by atoms with Crippen molar-refractivity contribution >= 4 is 16.9 Å². The summed E-state index contributed by atoms with van der Waals surface area (Å²) in [4.78, 5) is 11.3. The van der Waals surface area contributed by atoms with E-state index in [-0.39, 0.29) is 23.3 Å². The van der Waals surface area contributed by atoms with Crippen LogP contribution >= 0.6 is 0 Å². The van der Waals surface area contributed by atoms with Gasteiger partial charge in [0, 0.05) is 11.6 Å². The van der Waals surface area contributed by atoms with Gasteiger partial charge in [0.2, 0.25) is 0 Å². The van der Waals surface area contributed by atoms with Crippen LogP contribution in [0.4, 0.5) is 4.39 Å². The summed E-state index contributed by atoms with van der Waals surface area (Å²) < 4.78 is 29.8. The van der Waals surface area contributed by atoms with E-state index in [1.54, 1.807) is 0 Å². The van der Waals surface area contributed by atoms with Gasteiger partial charge in [-0.2, -0.15) is 0 Å². The lowest BCUT2D eigenvalue weighted by molar-refractivity contribution is -0.161. The van der Waals surface area contributed by atoms with Gasteiger partial charge in [-0.05, 0) is 29.4 Å². The fraction of sp³-hybridized carbons (Fsp3) is 0.562. The van der Waals surface area contributed by atoms with Gasteiger partial charge in [-0.25, -0.2) is 9.18 Å². The van der Waals surface area contributed by atoms with E-state index in [4.69, 9.17) is 14.2 Å². The van der Waals surface area contributed by atoms with Crippen LogP contribution in [0.2, 0.25) is 0 Å². The SMILES string of the molecule is CCCOc1ccc(C(OCOCC[S+](C)C)C(=O)O)c(F)c1. The summed E-state index contributed by atoms with van der Waals surface area (Å²) in [6.07, 6.45) is 3.57. The lowest BCUT2D eigenvalue weighted by Crippen LogP contribution is -2.19. The third-order valence-corrected chi connectivity index (χ3v) is 3.89. The number of rotatable bonds is 11. The Morgan fingerprint density at radius 2 is 2.09 bits per heavy atom. The van der Waals surface area contributed by atoms with E-state index in [0.29, 0.717) is 19.0 Å². The number of benzene rings is 1. The first-order valence-electron chi connectivity index (χ1n) is 7.34. The molecule has 0 aliphatic carbocycles. The first-order valence-corrected chi connectivity index (χ1v) is 9.55. The van der Waals surface area contributed by atoms with Crippen molar-refractivity contribution in [2.45, 2.75) is 19.4 Å². The Hall–Kier alpha value is -1.31. The molecule has 0 fully saturated rings. The molecular formula is C16H24FO5S+. The van der Waals surface area contributed by atoms with Crippen molar-refractivity contribution in [3.63, 3.8) is 0 Å². The first-order chi connectivity index (χ1) is 11.0. The zero-order chi connectivity index (χ0) is 17.2. The highest BCUT2D eigenvalue weighted by Crippen LogP contribution is 2.25. The van der Waals surface area contributed by atoms with Crippen molar-refractivity contribution in [3.8, 4) is 5.75 Å². The largest absolute Gasteiger partial charge is 0.494 e. The number of carboxylic acids is 1. The lowest BCUT2D eigenvalue weighted by atomic mass is 10.1. The fourth-order valence-corrected chi connectivity index (χ4v) is 2.18. The molecule has 7 heteroatoms. The molecule has 0 bridgehead atoms. The molecule has 0 saturated carbocycles. The molecule has 1 atom stereocenters. The normalized spacial score (nSPS) is 12.4. The summed E-state index contributed by atoms with van der Waals surface area (Å²) in [5, 5.41) is 9.23. The molecule has 1 aromatic carbocycles. The van der Waals surface area contributed by atoms with Crippen LogP contribution in [0.25, 0.3) is 0 Å². The zero-order valence-electron chi connectivity index (χ0n) is 13.7. The van der Waals surface area contributed by atoms with Crippen molar-refractivity contribution in [2.24, 2.45) is 0 Å². The smallest absolute Gasteiger partial charge is 0.337 e. The molecule has 23 heavy (non-hydrogen) atoms. The number of halogens is 1. The number of carbonyl (C=O) groups is 1. The Kier molecular flexibility index (Phi) is 8.98. The van der Waals surface area contributed by atoms with E-state index in [2.05, 4.69) is 12.5 Å². The number of ether oxygens (including phenoxy) is 3. The molecule has 1 N–H and O–H groups in total. The van der Waals surface area contributed by atoms with Gasteiger partial charge in [0.05, 0.1) is 25.7 Å². The Morgan fingerprint density at radius 1 is 1.35 bits per heavy atom. The fourth-order valence-electron chi connectivity index (χ4n) is 1.72. The first kappa shape index (κ1) is 19.7. The van der Waals surface area contributed by atoms with Crippen molar-refractivity contribution in [1.82, 2.24) is 0 Å². The van der Waals surface area contributed by atoms with Crippen LogP contribution < -0.4 is 4.74 Å².